The normalized spacial score (nSPS) is 13.8. The van der Waals surface area contributed by atoms with Crippen LogP contribution in [0.5, 0.6) is 5.75 Å². The van der Waals surface area contributed by atoms with E-state index in [1.807, 2.05) is 0 Å². The molecule has 0 aliphatic carbocycles. The lowest BCUT2D eigenvalue weighted by atomic mass is 9.82. The van der Waals surface area contributed by atoms with Crippen LogP contribution in [-0.4, -0.2) is 13.4 Å². The molecule has 0 spiro atoms. The highest BCUT2D eigenvalue weighted by Gasteiger charge is 2.18. The van der Waals surface area contributed by atoms with Crippen molar-refractivity contribution in [2.24, 2.45) is 11.8 Å². The maximum Gasteiger partial charge on any atom is 0.203 e. The quantitative estimate of drug-likeness (QED) is 0.359. The van der Waals surface area contributed by atoms with Gasteiger partial charge in [-0.1, -0.05) is 82.3 Å². The molecule has 2 atom stereocenters. The van der Waals surface area contributed by atoms with Crippen LogP contribution in [-0.2, 0) is 11.2 Å². The van der Waals surface area contributed by atoms with Crippen LogP contribution in [0, 0.1) is 11.8 Å². The molecule has 0 saturated carbocycles. The third kappa shape index (κ3) is 5.83. The van der Waals surface area contributed by atoms with Crippen molar-refractivity contribution in [2.45, 2.75) is 52.7 Å². The van der Waals surface area contributed by atoms with Gasteiger partial charge in [0.05, 0.1) is 0 Å². The first-order chi connectivity index (χ1) is 14.0. The maximum absolute atomic E-state index is 6.13. The van der Waals surface area contributed by atoms with Gasteiger partial charge in [-0.15, -0.1) is 0 Å². The van der Waals surface area contributed by atoms with Crippen LogP contribution in [0.2, 0.25) is 0 Å². The summed E-state index contributed by atoms with van der Waals surface area (Å²) < 4.78 is 11.8. The Morgan fingerprint density at radius 2 is 1.48 bits per heavy atom. The fourth-order valence-electron chi connectivity index (χ4n) is 3.98. The number of methoxy groups -OCH3 is 1. The van der Waals surface area contributed by atoms with Gasteiger partial charge in [0.1, 0.15) is 5.75 Å². The van der Waals surface area contributed by atoms with E-state index in [-0.39, 0.29) is 6.29 Å². The molecule has 0 amide bonds. The van der Waals surface area contributed by atoms with Crippen molar-refractivity contribution in [3.63, 3.8) is 0 Å². The number of ether oxygens (including phenoxy) is 2. The molecular formula is C27H34O2. The zero-order chi connectivity index (χ0) is 20.8. The summed E-state index contributed by atoms with van der Waals surface area (Å²) >= 11 is 0. The van der Waals surface area contributed by atoms with Gasteiger partial charge in [0.2, 0.25) is 6.29 Å². The minimum Gasteiger partial charge on any atom is -0.465 e. The lowest BCUT2D eigenvalue weighted by Gasteiger charge is -2.24. The van der Waals surface area contributed by atoms with Gasteiger partial charge in [0, 0.05) is 13.5 Å². The summed E-state index contributed by atoms with van der Waals surface area (Å²) in [4.78, 5) is 0. The Morgan fingerprint density at radius 1 is 0.793 bits per heavy atom. The molecule has 0 aliphatic rings. The van der Waals surface area contributed by atoms with Gasteiger partial charge in [-0.3, -0.25) is 0 Å². The molecule has 0 fully saturated rings. The Hall–Kier alpha value is -2.32. The van der Waals surface area contributed by atoms with Gasteiger partial charge in [0.25, 0.3) is 0 Å². The first-order valence-corrected chi connectivity index (χ1v) is 10.7. The Labute approximate surface area is 175 Å². The fourth-order valence-corrected chi connectivity index (χ4v) is 3.98. The highest BCUT2D eigenvalue weighted by atomic mass is 16.7. The summed E-state index contributed by atoms with van der Waals surface area (Å²) in [6, 6.07) is 23.5. The second kappa shape index (κ2) is 9.93. The van der Waals surface area contributed by atoms with E-state index in [1.165, 1.54) is 28.3 Å². The van der Waals surface area contributed by atoms with E-state index in [4.69, 9.17) is 9.47 Å². The van der Waals surface area contributed by atoms with E-state index in [2.05, 4.69) is 94.4 Å². The average molecular weight is 391 g/mol. The van der Waals surface area contributed by atoms with E-state index in [9.17, 15) is 0 Å². The maximum atomic E-state index is 6.13. The summed E-state index contributed by atoms with van der Waals surface area (Å²) in [7, 11) is 1.71. The summed E-state index contributed by atoms with van der Waals surface area (Å²) in [6.45, 7) is 9.20. The number of hydrogen-bond acceptors (Lipinski definition) is 2. The van der Waals surface area contributed by atoms with Crippen molar-refractivity contribution in [2.75, 3.05) is 7.11 Å². The predicted octanol–water partition coefficient (Wildman–Crippen LogP) is 7.22. The van der Waals surface area contributed by atoms with E-state index < -0.39 is 0 Å². The summed E-state index contributed by atoms with van der Waals surface area (Å²) in [5, 5.41) is 2.50. The molecule has 3 rings (SSSR count). The van der Waals surface area contributed by atoms with Gasteiger partial charge in [0.15, 0.2) is 0 Å². The summed E-state index contributed by atoms with van der Waals surface area (Å²) in [6.07, 6.45) is 1.62. The zero-order valence-corrected chi connectivity index (χ0v) is 18.4. The third-order valence-electron chi connectivity index (χ3n) is 5.58. The molecule has 3 aromatic carbocycles. The third-order valence-corrected chi connectivity index (χ3v) is 5.58. The molecule has 2 heteroatoms. The fraction of sp³-hybridized carbons (Fsp3) is 0.407. The molecular weight excluding hydrogens is 356 g/mol. The monoisotopic (exact) mass is 390 g/mol. The predicted molar refractivity (Wildman–Crippen MR) is 123 cm³/mol. The van der Waals surface area contributed by atoms with Crippen molar-refractivity contribution in [3.05, 3.63) is 77.9 Å². The first kappa shape index (κ1) is 21.4. The van der Waals surface area contributed by atoms with Crippen molar-refractivity contribution < 1.29 is 9.47 Å². The van der Waals surface area contributed by atoms with Crippen molar-refractivity contribution in [3.8, 4) is 5.75 Å². The minimum absolute atomic E-state index is 0.307. The Balaban J connectivity index is 1.68. The van der Waals surface area contributed by atoms with E-state index in [0.29, 0.717) is 24.2 Å². The van der Waals surface area contributed by atoms with Gasteiger partial charge < -0.3 is 9.47 Å². The standard InChI is InChI=1S/C27H34O2/c1-19(2)16-26(20(3)4)23-12-14-25(15-13-23)29-27(28-5)18-21-10-11-22-8-6-7-9-24(22)17-21/h6-15,17,19-20,26-27H,16,18H2,1-5H3. The van der Waals surface area contributed by atoms with Crippen molar-refractivity contribution in [1.82, 2.24) is 0 Å². The zero-order valence-electron chi connectivity index (χ0n) is 18.4. The molecule has 0 aromatic heterocycles. The van der Waals surface area contributed by atoms with E-state index in [0.717, 1.165) is 5.75 Å². The van der Waals surface area contributed by atoms with Gasteiger partial charge in [-0.25, -0.2) is 0 Å². The smallest absolute Gasteiger partial charge is 0.203 e. The van der Waals surface area contributed by atoms with E-state index in [1.54, 1.807) is 7.11 Å². The van der Waals surface area contributed by atoms with Gasteiger partial charge in [-0.05, 0) is 58.2 Å². The van der Waals surface area contributed by atoms with Gasteiger partial charge in [-0.2, -0.15) is 0 Å². The van der Waals surface area contributed by atoms with Crippen LogP contribution in [0.3, 0.4) is 0 Å². The molecule has 2 unspecified atom stereocenters. The molecule has 0 heterocycles. The average Bonchev–Trinajstić information content (AvgIpc) is 2.72. The van der Waals surface area contributed by atoms with Crippen LogP contribution in [0.4, 0.5) is 0 Å². The Morgan fingerprint density at radius 3 is 2.10 bits per heavy atom. The van der Waals surface area contributed by atoms with Crippen molar-refractivity contribution in [1.29, 1.82) is 0 Å². The molecule has 154 valence electrons. The highest BCUT2D eigenvalue weighted by Crippen LogP contribution is 2.32. The SMILES string of the molecule is COC(Cc1ccc2ccccc2c1)Oc1ccc(C(CC(C)C)C(C)C)cc1. The topological polar surface area (TPSA) is 18.5 Å². The molecule has 2 nitrogen and oxygen atoms in total. The minimum atomic E-state index is -0.307. The van der Waals surface area contributed by atoms with Crippen LogP contribution >= 0.6 is 0 Å². The summed E-state index contributed by atoms with van der Waals surface area (Å²) in [5.74, 6) is 2.76. The largest absolute Gasteiger partial charge is 0.465 e. The molecule has 0 aliphatic heterocycles. The molecule has 0 N–H and O–H groups in total. The van der Waals surface area contributed by atoms with Crippen LogP contribution in [0.15, 0.2) is 66.7 Å². The second-order valence-corrected chi connectivity index (χ2v) is 8.72. The molecule has 3 aromatic rings. The van der Waals surface area contributed by atoms with E-state index >= 15 is 0 Å². The van der Waals surface area contributed by atoms with Crippen LogP contribution in [0.25, 0.3) is 10.8 Å². The summed E-state index contributed by atoms with van der Waals surface area (Å²) in [5.41, 5.74) is 2.61. The van der Waals surface area contributed by atoms with Crippen molar-refractivity contribution >= 4 is 10.8 Å². The number of rotatable bonds is 9. The number of fused-ring (bicyclic) bond motifs is 1. The number of hydrogen-bond donors (Lipinski definition) is 0. The van der Waals surface area contributed by atoms with Gasteiger partial charge >= 0.3 is 0 Å². The first-order valence-electron chi connectivity index (χ1n) is 10.7. The number of benzene rings is 3. The lowest BCUT2D eigenvalue weighted by molar-refractivity contribution is -0.0519. The van der Waals surface area contributed by atoms with Crippen LogP contribution in [0.1, 0.15) is 51.2 Å². The lowest BCUT2D eigenvalue weighted by Crippen LogP contribution is -2.21. The molecule has 0 bridgehead atoms. The molecule has 0 saturated heterocycles. The van der Waals surface area contributed by atoms with Crippen LogP contribution < -0.4 is 4.74 Å². The second-order valence-electron chi connectivity index (χ2n) is 8.72. The Kier molecular flexibility index (Phi) is 7.33. The molecule has 0 radical (unpaired) electrons. The molecule has 29 heavy (non-hydrogen) atoms. The highest BCUT2D eigenvalue weighted by molar-refractivity contribution is 5.82. The Bertz CT molecular complexity index is 896.